The Morgan fingerprint density at radius 3 is 2.43 bits per heavy atom. The predicted octanol–water partition coefficient (Wildman–Crippen LogP) is -0.677. The van der Waals surface area contributed by atoms with Crippen LogP contribution in [0.5, 0.6) is 0 Å². The van der Waals surface area contributed by atoms with E-state index in [4.69, 9.17) is 0 Å². The summed E-state index contributed by atoms with van der Waals surface area (Å²) in [6, 6.07) is 0. The Hall–Kier alpha value is 0.350. The van der Waals surface area contributed by atoms with Gasteiger partial charge in [0.1, 0.15) is 0 Å². The van der Waals surface area contributed by atoms with Gasteiger partial charge in [0.05, 0.1) is 12.2 Å². The summed E-state index contributed by atoms with van der Waals surface area (Å²) in [6.07, 6.45) is 8.98. The van der Waals surface area contributed by atoms with Gasteiger partial charge in [0.2, 0.25) is 0 Å². The molecule has 0 aliphatic heterocycles. The van der Waals surface area contributed by atoms with Gasteiger partial charge >= 0.3 is 29.6 Å². The van der Waals surface area contributed by atoms with Crippen LogP contribution in [0, 0.1) is 46.3 Å². The maximum atomic E-state index is 11.5. The first-order chi connectivity index (χ1) is 13.2. The van der Waals surface area contributed by atoms with Gasteiger partial charge in [-0.25, -0.2) is 0 Å². The molecule has 4 saturated carbocycles. The third-order valence-corrected chi connectivity index (χ3v) is 10.3. The third kappa shape index (κ3) is 4.17. The van der Waals surface area contributed by atoms with Crippen molar-refractivity contribution in [3.05, 3.63) is 0 Å². The van der Waals surface area contributed by atoms with Crippen molar-refractivity contribution in [3.8, 4) is 0 Å². The summed E-state index contributed by atoms with van der Waals surface area (Å²) >= 11 is 0. The van der Waals surface area contributed by atoms with E-state index in [-0.39, 0.29) is 64.5 Å². The normalized spacial score (nSPS) is 48.2. The number of aliphatic hydroxyl groups excluding tert-OH is 2. The molecular formula is C24H41NaO5. The van der Waals surface area contributed by atoms with E-state index in [1.165, 1.54) is 19.3 Å². The van der Waals surface area contributed by atoms with E-state index < -0.39 is 5.97 Å². The first-order valence-electron chi connectivity index (χ1n) is 11.7. The number of hydrogen-bond donors (Lipinski definition) is 2. The number of carboxylic acids is 1. The molecule has 0 aromatic carbocycles. The van der Waals surface area contributed by atoms with Crippen molar-refractivity contribution in [2.45, 2.75) is 97.2 Å². The fraction of sp³-hybridized carbons (Fsp3) is 0.958. The van der Waals surface area contributed by atoms with Gasteiger partial charge in [0, 0.05) is 5.97 Å². The molecule has 0 radical (unpaired) electrons. The number of hydrogen-bond acceptors (Lipinski definition) is 4. The molecule has 168 valence electrons. The molecule has 6 heteroatoms. The minimum atomic E-state index is -0.957. The number of carboxylic acid groups (broad SMARTS) is 1. The van der Waals surface area contributed by atoms with Gasteiger partial charge in [-0.15, -0.1) is 0 Å². The van der Waals surface area contributed by atoms with Gasteiger partial charge in [-0.2, -0.15) is 0 Å². The quantitative estimate of drug-likeness (QED) is 0.574. The molecule has 4 fully saturated rings. The van der Waals surface area contributed by atoms with Crippen LogP contribution >= 0.6 is 0 Å². The molecule has 4 aliphatic carbocycles. The monoisotopic (exact) mass is 432 g/mol. The van der Waals surface area contributed by atoms with Gasteiger partial charge < -0.3 is 25.6 Å². The van der Waals surface area contributed by atoms with Gasteiger partial charge in [0.15, 0.2) is 0 Å². The van der Waals surface area contributed by atoms with Gasteiger partial charge in [-0.3, -0.25) is 0 Å². The van der Waals surface area contributed by atoms with Crippen LogP contribution in [0.1, 0.15) is 85.0 Å². The maximum Gasteiger partial charge on any atom is 1.00 e. The molecule has 0 aromatic rings. The molecule has 4 N–H and O–H groups in total. The van der Waals surface area contributed by atoms with Crippen LogP contribution in [0.3, 0.4) is 0 Å². The van der Waals surface area contributed by atoms with Gasteiger partial charge in [-0.05, 0) is 111 Å². The molecular weight excluding hydrogens is 391 g/mol. The molecule has 0 saturated heterocycles. The van der Waals surface area contributed by atoms with Crippen LogP contribution in [0.2, 0.25) is 0 Å². The van der Waals surface area contributed by atoms with Crippen molar-refractivity contribution in [1.82, 2.24) is 0 Å². The SMILES string of the molecule is C[C@@H](CCC(=O)[O-])[C@@H]1CC[C@@H]2[C@H]3CC[C@H]4C[C@@H](O)CC[C@@]4(C)[C@@H]3C[C@@H](O)[C@]21C.O.[Na+]. The van der Waals surface area contributed by atoms with Crippen molar-refractivity contribution in [3.63, 3.8) is 0 Å². The number of aliphatic hydroxyl groups is 2. The second kappa shape index (κ2) is 9.69. The summed E-state index contributed by atoms with van der Waals surface area (Å²) in [5.41, 5.74) is 0.188. The van der Waals surface area contributed by atoms with Crippen LogP contribution in [-0.4, -0.2) is 33.9 Å². The minimum Gasteiger partial charge on any atom is -0.550 e. The average molecular weight is 433 g/mol. The second-order valence-electron chi connectivity index (χ2n) is 11.3. The van der Waals surface area contributed by atoms with Crippen molar-refractivity contribution < 1.29 is 55.1 Å². The summed E-state index contributed by atoms with van der Waals surface area (Å²) in [6.45, 7) is 6.94. The van der Waals surface area contributed by atoms with Crippen LogP contribution in [-0.2, 0) is 4.79 Å². The number of aliphatic carboxylic acids is 1. The summed E-state index contributed by atoms with van der Waals surface area (Å²) in [7, 11) is 0. The van der Waals surface area contributed by atoms with Gasteiger partial charge in [-0.1, -0.05) is 20.8 Å². The van der Waals surface area contributed by atoms with Gasteiger partial charge in [0.25, 0.3) is 0 Å². The largest absolute Gasteiger partial charge is 1.00 e. The zero-order valence-corrected chi connectivity index (χ0v) is 21.4. The molecule has 4 rings (SSSR count). The van der Waals surface area contributed by atoms with Crippen molar-refractivity contribution >= 4 is 5.97 Å². The fourth-order valence-electron chi connectivity index (χ4n) is 8.71. The topological polar surface area (TPSA) is 112 Å². The van der Waals surface area contributed by atoms with E-state index >= 15 is 0 Å². The van der Waals surface area contributed by atoms with E-state index in [0.29, 0.717) is 41.9 Å². The molecule has 0 aromatic heterocycles. The zero-order chi connectivity index (χ0) is 20.3. The van der Waals surface area contributed by atoms with Crippen molar-refractivity contribution in [2.24, 2.45) is 46.3 Å². The molecule has 30 heavy (non-hydrogen) atoms. The Morgan fingerprint density at radius 1 is 1.07 bits per heavy atom. The Balaban J connectivity index is 0.00000160. The summed E-state index contributed by atoms with van der Waals surface area (Å²) < 4.78 is 0. The van der Waals surface area contributed by atoms with Crippen LogP contribution in [0.4, 0.5) is 0 Å². The van der Waals surface area contributed by atoms with E-state index in [1.54, 1.807) is 0 Å². The molecule has 0 spiro atoms. The summed E-state index contributed by atoms with van der Waals surface area (Å²) in [5, 5.41) is 32.6. The second-order valence-corrected chi connectivity index (χ2v) is 11.3. The van der Waals surface area contributed by atoms with E-state index in [0.717, 1.165) is 32.1 Å². The van der Waals surface area contributed by atoms with Crippen molar-refractivity contribution in [1.29, 1.82) is 0 Å². The summed E-state index contributed by atoms with van der Waals surface area (Å²) in [5.74, 6) is 2.19. The fourth-order valence-corrected chi connectivity index (χ4v) is 8.71. The van der Waals surface area contributed by atoms with Crippen LogP contribution in [0.15, 0.2) is 0 Å². The molecule has 0 amide bonds. The first-order valence-corrected chi connectivity index (χ1v) is 11.7. The Kier molecular flexibility index (Phi) is 8.59. The number of rotatable bonds is 4. The molecule has 0 heterocycles. The zero-order valence-electron chi connectivity index (χ0n) is 19.4. The predicted molar refractivity (Wildman–Crippen MR) is 110 cm³/mol. The van der Waals surface area contributed by atoms with E-state index in [2.05, 4.69) is 20.8 Å². The molecule has 4 aliphatic rings. The molecule has 10 atom stereocenters. The number of fused-ring (bicyclic) bond motifs is 5. The third-order valence-electron chi connectivity index (χ3n) is 10.3. The molecule has 5 nitrogen and oxygen atoms in total. The van der Waals surface area contributed by atoms with E-state index in [1.807, 2.05) is 0 Å². The van der Waals surface area contributed by atoms with Crippen LogP contribution in [0.25, 0.3) is 0 Å². The van der Waals surface area contributed by atoms with E-state index in [9.17, 15) is 20.1 Å². The Morgan fingerprint density at radius 2 is 1.77 bits per heavy atom. The van der Waals surface area contributed by atoms with Crippen molar-refractivity contribution in [2.75, 3.05) is 0 Å². The molecule has 0 unspecified atom stereocenters. The Labute approximate surface area is 204 Å². The molecule has 0 bridgehead atoms. The van der Waals surface area contributed by atoms with Crippen LogP contribution < -0.4 is 34.7 Å². The minimum absolute atomic E-state index is 0. The maximum absolute atomic E-state index is 11.5. The average Bonchev–Trinajstić information content (AvgIpc) is 3.00. The number of carbonyl (C=O) groups excluding carboxylic acids is 1. The standard InChI is InChI=1S/C24H40O4.Na.H2O/c1-14(4-9-22(27)28)18-7-8-19-17-6-5-15-12-16(25)10-11-23(15,2)20(17)13-21(26)24(18,19)3;;/h14-21,25-26H,4-13H2,1-3H3,(H,27,28);;1H2/q;+1;/p-1/t14-,15-,16-,17+,18-,19+,20+,21+,23+,24-;;/m0../s1. The number of carbonyl (C=O) groups is 1. The first kappa shape index (κ1) is 26.6. The summed E-state index contributed by atoms with van der Waals surface area (Å²) in [4.78, 5) is 10.9. The smallest absolute Gasteiger partial charge is 0.550 e. The Bertz CT molecular complexity index is 614.